The first-order valence-electron chi connectivity index (χ1n) is 7.77. The molecule has 0 radical (unpaired) electrons. The van der Waals surface area contributed by atoms with Gasteiger partial charge in [0.05, 0.1) is 0 Å². The fraction of sp³-hybridized carbons (Fsp3) is 0.105. The van der Waals surface area contributed by atoms with Crippen molar-refractivity contribution in [2.24, 2.45) is 0 Å². The van der Waals surface area contributed by atoms with Gasteiger partial charge in [-0.05, 0) is 55.8 Å². The number of aromatic nitrogens is 2. The molecule has 0 aliphatic carbocycles. The summed E-state index contributed by atoms with van der Waals surface area (Å²) in [7, 11) is 0. The summed E-state index contributed by atoms with van der Waals surface area (Å²) in [5.74, 6) is -0.473. The van der Waals surface area contributed by atoms with Gasteiger partial charge in [0, 0.05) is 33.7 Å². The van der Waals surface area contributed by atoms with Crippen molar-refractivity contribution in [3.8, 4) is 11.8 Å². The summed E-state index contributed by atoms with van der Waals surface area (Å²) in [6.07, 6.45) is 3.19. The molecule has 3 rings (SSSR count). The Bertz CT molecular complexity index is 1010. The van der Waals surface area contributed by atoms with E-state index in [9.17, 15) is 10.1 Å². The molecule has 130 valence electrons. The number of nitriles is 1. The molecular formula is C19H15ClN4OS. The highest BCUT2D eigenvalue weighted by Crippen LogP contribution is 2.24. The number of hydrogen-bond acceptors (Lipinski definition) is 4. The number of amides is 1. The number of carbonyl (C=O) groups excluding carboxylic acids is 1. The van der Waals surface area contributed by atoms with Crippen molar-refractivity contribution in [1.29, 1.82) is 5.26 Å². The van der Waals surface area contributed by atoms with Crippen molar-refractivity contribution in [3.63, 3.8) is 0 Å². The lowest BCUT2D eigenvalue weighted by Crippen LogP contribution is -2.13. The van der Waals surface area contributed by atoms with Gasteiger partial charge in [-0.25, -0.2) is 4.98 Å². The second-order valence-corrected chi connectivity index (χ2v) is 6.93. The van der Waals surface area contributed by atoms with Gasteiger partial charge >= 0.3 is 0 Å². The number of thiazole rings is 1. The third-order valence-electron chi connectivity index (χ3n) is 3.87. The molecule has 26 heavy (non-hydrogen) atoms. The Hall–Kier alpha value is -2.88. The fourth-order valence-corrected chi connectivity index (χ4v) is 3.32. The van der Waals surface area contributed by atoms with Crippen LogP contribution in [0.25, 0.3) is 11.8 Å². The zero-order chi connectivity index (χ0) is 18.7. The summed E-state index contributed by atoms with van der Waals surface area (Å²) in [4.78, 5) is 16.3. The normalized spacial score (nSPS) is 11.2. The summed E-state index contributed by atoms with van der Waals surface area (Å²) < 4.78 is 2.05. The number of benzene rings is 1. The first kappa shape index (κ1) is 17.9. The second kappa shape index (κ2) is 7.56. The van der Waals surface area contributed by atoms with Crippen LogP contribution in [0.3, 0.4) is 0 Å². The van der Waals surface area contributed by atoms with Crippen molar-refractivity contribution in [2.45, 2.75) is 13.8 Å². The molecule has 7 heteroatoms. The average molecular weight is 383 g/mol. The Balaban J connectivity index is 1.94. The molecule has 1 amide bonds. The minimum atomic E-state index is -0.473. The molecule has 5 nitrogen and oxygen atoms in total. The molecule has 0 atom stereocenters. The molecule has 0 saturated carbocycles. The van der Waals surface area contributed by atoms with Crippen LogP contribution < -0.4 is 5.32 Å². The number of carbonyl (C=O) groups is 1. The maximum absolute atomic E-state index is 12.3. The zero-order valence-electron chi connectivity index (χ0n) is 14.2. The lowest BCUT2D eigenvalue weighted by atomic mass is 10.1. The van der Waals surface area contributed by atoms with Crippen molar-refractivity contribution >= 4 is 40.1 Å². The molecular weight excluding hydrogens is 368 g/mol. The highest BCUT2D eigenvalue weighted by molar-refractivity contribution is 7.13. The maximum Gasteiger partial charge on any atom is 0.268 e. The van der Waals surface area contributed by atoms with Crippen molar-refractivity contribution in [2.75, 3.05) is 5.32 Å². The number of aryl methyl sites for hydroxylation is 1. The largest absolute Gasteiger partial charge is 0.318 e. The van der Waals surface area contributed by atoms with Crippen LogP contribution in [0.4, 0.5) is 5.13 Å². The predicted octanol–water partition coefficient (Wildman–Crippen LogP) is 4.75. The van der Waals surface area contributed by atoms with Gasteiger partial charge in [0.1, 0.15) is 11.6 Å². The van der Waals surface area contributed by atoms with Crippen molar-refractivity contribution in [1.82, 2.24) is 9.55 Å². The minimum absolute atomic E-state index is 0.0246. The molecule has 1 aromatic carbocycles. The predicted molar refractivity (Wildman–Crippen MR) is 105 cm³/mol. The summed E-state index contributed by atoms with van der Waals surface area (Å²) in [6, 6.07) is 11.4. The van der Waals surface area contributed by atoms with E-state index in [4.69, 9.17) is 11.6 Å². The Morgan fingerprint density at radius 3 is 2.69 bits per heavy atom. The van der Waals surface area contributed by atoms with E-state index in [1.807, 2.05) is 50.2 Å². The third kappa shape index (κ3) is 3.69. The third-order valence-corrected chi connectivity index (χ3v) is 4.81. The fourth-order valence-electron chi connectivity index (χ4n) is 2.67. The number of nitrogens with one attached hydrogen (secondary N) is 1. The monoisotopic (exact) mass is 382 g/mol. The number of anilines is 1. The minimum Gasteiger partial charge on any atom is -0.318 e. The molecule has 0 aliphatic heterocycles. The molecule has 2 aromatic heterocycles. The van der Waals surface area contributed by atoms with Crippen LogP contribution >= 0.6 is 22.9 Å². The molecule has 0 saturated heterocycles. The van der Waals surface area contributed by atoms with Gasteiger partial charge in [0.2, 0.25) is 0 Å². The van der Waals surface area contributed by atoms with Crippen LogP contribution in [-0.2, 0) is 4.79 Å². The summed E-state index contributed by atoms with van der Waals surface area (Å²) in [6.45, 7) is 3.92. The smallest absolute Gasteiger partial charge is 0.268 e. The van der Waals surface area contributed by atoms with Crippen molar-refractivity contribution in [3.05, 3.63) is 69.5 Å². The lowest BCUT2D eigenvalue weighted by Gasteiger charge is -2.09. The lowest BCUT2D eigenvalue weighted by molar-refractivity contribution is -0.112. The van der Waals surface area contributed by atoms with Gasteiger partial charge in [0.25, 0.3) is 5.91 Å². The van der Waals surface area contributed by atoms with Crippen LogP contribution in [0.1, 0.15) is 17.0 Å². The van der Waals surface area contributed by atoms with E-state index in [2.05, 4.69) is 14.9 Å². The van der Waals surface area contributed by atoms with Gasteiger partial charge in [-0.3, -0.25) is 10.1 Å². The van der Waals surface area contributed by atoms with Crippen LogP contribution in [0, 0.1) is 25.2 Å². The Labute approximate surface area is 160 Å². The van der Waals surface area contributed by atoms with Crippen LogP contribution in [0.5, 0.6) is 0 Å². The van der Waals surface area contributed by atoms with Crippen LogP contribution in [0.2, 0.25) is 5.02 Å². The van der Waals surface area contributed by atoms with Gasteiger partial charge in [-0.1, -0.05) is 11.6 Å². The van der Waals surface area contributed by atoms with Crippen LogP contribution in [-0.4, -0.2) is 15.5 Å². The van der Waals surface area contributed by atoms with E-state index in [1.165, 1.54) is 11.3 Å². The zero-order valence-corrected chi connectivity index (χ0v) is 15.7. The quantitative estimate of drug-likeness (QED) is 0.522. The van der Waals surface area contributed by atoms with E-state index in [-0.39, 0.29) is 5.57 Å². The van der Waals surface area contributed by atoms with E-state index >= 15 is 0 Å². The SMILES string of the molecule is Cc1cc(/C=C(/C#N)C(=O)Nc2nccs2)c(C)n1-c1ccc(Cl)cc1. The number of nitrogens with zero attached hydrogens (tertiary/aromatic N) is 3. The molecule has 0 unspecified atom stereocenters. The highest BCUT2D eigenvalue weighted by atomic mass is 35.5. The molecule has 0 aliphatic rings. The van der Waals surface area contributed by atoms with E-state index < -0.39 is 5.91 Å². The van der Waals surface area contributed by atoms with Gasteiger partial charge < -0.3 is 4.57 Å². The van der Waals surface area contributed by atoms with Gasteiger partial charge in [-0.2, -0.15) is 5.26 Å². The molecule has 0 bridgehead atoms. The number of rotatable bonds is 4. The Kier molecular flexibility index (Phi) is 5.21. The molecule has 3 aromatic rings. The van der Waals surface area contributed by atoms with Gasteiger partial charge in [0.15, 0.2) is 5.13 Å². The first-order chi connectivity index (χ1) is 12.5. The first-order valence-corrected chi connectivity index (χ1v) is 9.03. The standard InChI is InChI=1S/C19H15ClN4OS/c1-12-9-14(13(2)24(12)17-5-3-16(20)4-6-17)10-15(11-21)18(25)23-19-22-7-8-26-19/h3-10H,1-2H3,(H,22,23,25)/b15-10-. The summed E-state index contributed by atoms with van der Waals surface area (Å²) in [5.41, 5.74) is 3.72. The van der Waals surface area contributed by atoms with E-state index in [1.54, 1.807) is 17.7 Å². The number of halogens is 1. The topological polar surface area (TPSA) is 70.7 Å². The summed E-state index contributed by atoms with van der Waals surface area (Å²) in [5, 5.41) is 14.9. The molecule has 0 spiro atoms. The Morgan fingerprint density at radius 2 is 2.08 bits per heavy atom. The molecule has 1 N–H and O–H groups in total. The van der Waals surface area contributed by atoms with Crippen LogP contribution in [0.15, 0.2) is 47.5 Å². The molecule has 0 fully saturated rings. The van der Waals surface area contributed by atoms with E-state index in [0.717, 1.165) is 22.6 Å². The second-order valence-electron chi connectivity index (χ2n) is 5.60. The maximum atomic E-state index is 12.3. The van der Waals surface area contributed by atoms with Gasteiger partial charge in [-0.15, -0.1) is 11.3 Å². The highest BCUT2D eigenvalue weighted by Gasteiger charge is 2.14. The summed E-state index contributed by atoms with van der Waals surface area (Å²) >= 11 is 7.26. The van der Waals surface area contributed by atoms with Crippen molar-refractivity contribution < 1.29 is 4.79 Å². The Morgan fingerprint density at radius 1 is 1.35 bits per heavy atom. The number of hydrogen-bond donors (Lipinski definition) is 1. The van der Waals surface area contributed by atoms with E-state index in [0.29, 0.717) is 10.2 Å². The average Bonchev–Trinajstić information content (AvgIpc) is 3.22. The molecule has 2 heterocycles.